The molecule has 2 rings (SSSR count). The molecule has 1 saturated carbocycles. The van der Waals surface area contributed by atoms with E-state index < -0.39 is 0 Å². The van der Waals surface area contributed by atoms with Gasteiger partial charge in [0.1, 0.15) is 0 Å². The molecule has 0 radical (unpaired) electrons. The Morgan fingerprint density at radius 3 is 2.92 bits per heavy atom. The Hall–Kier alpha value is -0.0800. The van der Waals surface area contributed by atoms with Crippen LogP contribution in [0.15, 0.2) is 0 Å². The monoisotopic (exact) mass is 188 g/mol. The third kappa shape index (κ3) is 1.50. The summed E-state index contributed by atoms with van der Waals surface area (Å²) in [6, 6.07) is 0. The van der Waals surface area contributed by atoms with Crippen LogP contribution in [0.2, 0.25) is 0 Å². The zero-order chi connectivity index (χ0) is 8.55. The van der Waals surface area contributed by atoms with Gasteiger partial charge in [-0.15, -0.1) is 0 Å². The van der Waals surface area contributed by atoms with E-state index in [1.807, 2.05) is 0 Å². The second-order valence-electron chi connectivity index (χ2n) is 3.77. The number of rotatable bonds is 1. The Kier molecular flexibility index (Phi) is 2.37. The summed E-state index contributed by atoms with van der Waals surface area (Å²) in [6.45, 7) is 0.874. The van der Waals surface area contributed by atoms with Gasteiger partial charge in [-0.05, 0) is 43.2 Å². The lowest BCUT2D eigenvalue weighted by Crippen LogP contribution is -2.28. The van der Waals surface area contributed by atoms with Crippen LogP contribution in [-0.4, -0.2) is 18.0 Å². The van der Waals surface area contributed by atoms with E-state index in [1.54, 1.807) is 0 Å². The van der Waals surface area contributed by atoms with Gasteiger partial charge in [-0.25, -0.2) is 0 Å². The highest BCUT2D eigenvalue weighted by Crippen LogP contribution is 2.37. The second-order valence-corrected chi connectivity index (χ2v) is 4.14. The standard InChI is InChI=1S/C9H13ClO2/c10-9(11)7-1-2-8-6(5-7)3-4-12-8/h6-8H,1-5H2. The molecule has 1 aliphatic heterocycles. The van der Waals surface area contributed by atoms with Crippen LogP contribution < -0.4 is 0 Å². The summed E-state index contributed by atoms with van der Waals surface area (Å²) < 4.78 is 5.53. The van der Waals surface area contributed by atoms with Crippen molar-refractivity contribution in [2.24, 2.45) is 11.8 Å². The van der Waals surface area contributed by atoms with Crippen molar-refractivity contribution in [3.05, 3.63) is 0 Å². The minimum absolute atomic E-state index is 0.106. The maximum absolute atomic E-state index is 10.9. The number of halogens is 1. The predicted molar refractivity (Wildman–Crippen MR) is 46.0 cm³/mol. The van der Waals surface area contributed by atoms with Crippen molar-refractivity contribution in [3.8, 4) is 0 Å². The molecule has 0 aromatic rings. The van der Waals surface area contributed by atoms with Crippen molar-refractivity contribution in [2.75, 3.05) is 6.61 Å². The van der Waals surface area contributed by atoms with Crippen molar-refractivity contribution in [1.29, 1.82) is 0 Å². The summed E-state index contributed by atoms with van der Waals surface area (Å²) in [5, 5.41) is -0.152. The van der Waals surface area contributed by atoms with Crippen LogP contribution >= 0.6 is 11.6 Å². The first-order valence-electron chi connectivity index (χ1n) is 4.58. The fourth-order valence-electron chi connectivity index (χ4n) is 2.34. The molecule has 3 unspecified atom stereocenters. The summed E-state index contributed by atoms with van der Waals surface area (Å²) in [5.41, 5.74) is 0. The lowest BCUT2D eigenvalue weighted by atomic mass is 9.80. The lowest BCUT2D eigenvalue weighted by molar-refractivity contribution is -0.117. The molecule has 3 heteroatoms. The number of carbonyl (C=O) groups is 1. The topological polar surface area (TPSA) is 26.3 Å². The molecule has 1 heterocycles. The van der Waals surface area contributed by atoms with Crippen LogP contribution in [0.25, 0.3) is 0 Å². The number of hydrogen-bond acceptors (Lipinski definition) is 2. The molecule has 0 aromatic carbocycles. The van der Waals surface area contributed by atoms with Crippen molar-refractivity contribution >= 4 is 16.8 Å². The minimum Gasteiger partial charge on any atom is -0.378 e. The third-order valence-electron chi connectivity index (χ3n) is 3.05. The van der Waals surface area contributed by atoms with E-state index in [9.17, 15) is 4.79 Å². The van der Waals surface area contributed by atoms with Gasteiger partial charge in [0, 0.05) is 12.5 Å². The van der Waals surface area contributed by atoms with E-state index >= 15 is 0 Å². The smallest absolute Gasteiger partial charge is 0.224 e. The quantitative estimate of drug-likeness (QED) is 0.588. The zero-order valence-electron chi connectivity index (χ0n) is 6.96. The van der Waals surface area contributed by atoms with Gasteiger partial charge in [0.25, 0.3) is 0 Å². The highest BCUT2D eigenvalue weighted by molar-refractivity contribution is 6.63. The Balaban J connectivity index is 1.96. The van der Waals surface area contributed by atoms with Gasteiger partial charge in [-0.2, -0.15) is 0 Å². The van der Waals surface area contributed by atoms with E-state index in [0.29, 0.717) is 12.0 Å². The molecule has 0 N–H and O–H groups in total. The van der Waals surface area contributed by atoms with Gasteiger partial charge >= 0.3 is 0 Å². The average molecular weight is 189 g/mol. The Morgan fingerprint density at radius 2 is 2.17 bits per heavy atom. The molecule has 2 fully saturated rings. The molecular weight excluding hydrogens is 176 g/mol. The predicted octanol–water partition coefficient (Wildman–Crippen LogP) is 1.96. The lowest BCUT2D eigenvalue weighted by Gasteiger charge is -2.28. The molecule has 2 nitrogen and oxygen atoms in total. The Bertz CT molecular complexity index is 193. The van der Waals surface area contributed by atoms with Crippen molar-refractivity contribution in [3.63, 3.8) is 0 Å². The summed E-state index contributed by atoms with van der Waals surface area (Å²) in [4.78, 5) is 10.9. The first-order valence-corrected chi connectivity index (χ1v) is 4.96. The van der Waals surface area contributed by atoms with Crippen LogP contribution in [0.1, 0.15) is 25.7 Å². The van der Waals surface area contributed by atoms with E-state index in [0.717, 1.165) is 32.3 Å². The summed E-state index contributed by atoms with van der Waals surface area (Å²) in [6.07, 6.45) is 4.44. The highest BCUT2D eigenvalue weighted by atomic mass is 35.5. The SMILES string of the molecule is O=C(Cl)C1CCC2OCCC2C1. The second kappa shape index (κ2) is 3.35. The Labute approximate surface area is 77.2 Å². The van der Waals surface area contributed by atoms with Gasteiger partial charge in [-0.1, -0.05) is 0 Å². The van der Waals surface area contributed by atoms with Crippen molar-refractivity contribution in [1.82, 2.24) is 0 Å². The first-order chi connectivity index (χ1) is 5.77. The highest BCUT2D eigenvalue weighted by Gasteiger charge is 2.36. The number of fused-ring (bicyclic) bond motifs is 1. The van der Waals surface area contributed by atoms with Crippen molar-refractivity contribution in [2.45, 2.75) is 31.8 Å². The van der Waals surface area contributed by atoms with Crippen LogP contribution in [0.4, 0.5) is 0 Å². The van der Waals surface area contributed by atoms with Crippen LogP contribution in [0.5, 0.6) is 0 Å². The van der Waals surface area contributed by atoms with Gasteiger partial charge in [0.05, 0.1) is 6.10 Å². The molecule has 12 heavy (non-hydrogen) atoms. The average Bonchev–Trinajstić information content (AvgIpc) is 2.49. The molecule has 0 bridgehead atoms. The Morgan fingerprint density at radius 1 is 1.33 bits per heavy atom. The molecule has 1 aliphatic carbocycles. The van der Waals surface area contributed by atoms with E-state index in [-0.39, 0.29) is 11.2 Å². The summed E-state index contributed by atoms with van der Waals surface area (Å²) in [5.74, 6) is 0.709. The maximum Gasteiger partial charge on any atom is 0.224 e. The van der Waals surface area contributed by atoms with Crippen LogP contribution in [-0.2, 0) is 9.53 Å². The molecule has 2 aliphatic rings. The molecule has 1 saturated heterocycles. The number of hydrogen-bond donors (Lipinski definition) is 0. The molecular formula is C9H13ClO2. The molecule has 0 spiro atoms. The summed E-state index contributed by atoms with van der Waals surface area (Å²) >= 11 is 5.47. The van der Waals surface area contributed by atoms with E-state index in [1.165, 1.54) is 0 Å². The molecule has 0 aromatic heterocycles. The first kappa shape index (κ1) is 8.52. The third-order valence-corrected chi connectivity index (χ3v) is 3.36. The normalized spacial score (nSPS) is 40.9. The number of carbonyl (C=O) groups excluding carboxylic acids is 1. The number of ether oxygens (including phenoxy) is 1. The largest absolute Gasteiger partial charge is 0.378 e. The minimum atomic E-state index is -0.152. The summed E-state index contributed by atoms with van der Waals surface area (Å²) in [7, 11) is 0. The van der Waals surface area contributed by atoms with Gasteiger partial charge in [-0.3, -0.25) is 4.79 Å². The van der Waals surface area contributed by atoms with Gasteiger partial charge in [0.2, 0.25) is 5.24 Å². The maximum atomic E-state index is 10.9. The molecule has 68 valence electrons. The van der Waals surface area contributed by atoms with Crippen LogP contribution in [0, 0.1) is 11.8 Å². The van der Waals surface area contributed by atoms with Crippen LogP contribution in [0.3, 0.4) is 0 Å². The molecule has 3 atom stereocenters. The van der Waals surface area contributed by atoms with E-state index in [4.69, 9.17) is 16.3 Å². The van der Waals surface area contributed by atoms with E-state index in [2.05, 4.69) is 0 Å². The fourth-order valence-corrected chi connectivity index (χ4v) is 2.53. The zero-order valence-corrected chi connectivity index (χ0v) is 7.72. The van der Waals surface area contributed by atoms with Gasteiger partial charge < -0.3 is 4.74 Å². The van der Waals surface area contributed by atoms with Gasteiger partial charge in [0.15, 0.2) is 0 Å². The van der Waals surface area contributed by atoms with Crippen molar-refractivity contribution < 1.29 is 9.53 Å². The fraction of sp³-hybridized carbons (Fsp3) is 0.889. The molecule has 0 amide bonds.